The van der Waals surface area contributed by atoms with E-state index in [2.05, 4.69) is 24.3 Å². The van der Waals surface area contributed by atoms with Crippen molar-refractivity contribution in [1.29, 1.82) is 0 Å². The van der Waals surface area contributed by atoms with Crippen molar-refractivity contribution in [2.45, 2.75) is 43.9 Å². The zero-order chi connectivity index (χ0) is 21.1. The lowest BCUT2D eigenvalue weighted by atomic mass is 9.90. The summed E-state index contributed by atoms with van der Waals surface area (Å²) in [6, 6.07) is 15.6. The second kappa shape index (κ2) is 8.90. The minimum Gasteiger partial charge on any atom is -0.339 e. The quantitative estimate of drug-likeness (QED) is 0.729. The van der Waals surface area contributed by atoms with Crippen LogP contribution in [0.2, 0.25) is 0 Å². The van der Waals surface area contributed by atoms with Crippen LogP contribution in [0.25, 0.3) is 0 Å². The first-order valence-electron chi connectivity index (χ1n) is 10.9. The largest absolute Gasteiger partial charge is 0.339 e. The van der Waals surface area contributed by atoms with Crippen molar-refractivity contribution in [2.75, 3.05) is 26.2 Å². The van der Waals surface area contributed by atoms with Crippen LogP contribution in [0, 0.1) is 12.8 Å². The van der Waals surface area contributed by atoms with Gasteiger partial charge in [-0.3, -0.25) is 4.79 Å². The molecular formula is C24H30N2O3S. The Labute approximate surface area is 179 Å². The molecule has 0 atom stereocenters. The molecular weight excluding hydrogens is 396 g/mol. The molecule has 160 valence electrons. The lowest BCUT2D eigenvalue weighted by Gasteiger charge is -2.32. The molecule has 0 N–H and O–H groups in total. The highest BCUT2D eigenvalue weighted by atomic mass is 32.2. The first-order valence-corrected chi connectivity index (χ1v) is 12.3. The molecule has 5 nitrogen and oxygen atoms in total. The molecule has 0 saturated carbocycles. The number of hydrogen-bond donors (Lipinski definition) is 0. The first kappa shape index (κ1) is 21.1. The Bertz CT molecular complexity index is 990. The summed E-state index contributed by atoms with van der Waals surface area (Å²) >= 11 is 0. The first-order chi connectivity index (χ1) is 14.4. The number of likely N-dealkylation sites (tertiary alicyclic amines) is 1. The number of piperidine rings is 1. The molecule has 2 fully saturated rings. The fraction of sp³-hybridized carbons (Fsp3) is 0.458. The Morgan fingerprint density at radius 3 is 2.30 bits per heavy atom. The zero-order valence-electron chi connectivity index (χ0n) is 17.6. The van der Waals surface area contributed by atoms with Crippen molar-refractivity contribution in [3.05, 3.63) is 65.2 Å². The van der Waals surface area contributed by atoms with Gasteiger partial charge in [0.05, 0.1) is 4.90 Å². The Morgan fingerprint density at radius 2 is 1.63 bits per heavy atom. The number of hydrogen-bond acceptors (Lipinski definition) is 3. The van der Waals surface area contributed by atoms with Crippen LogP contribution in [0.5, 0.6) is 0 Å². The average Bonchev–Trinajstić information content (AvgIpc) is 3.31. The molecule has 2 saturated heterocycles. The normalized spacial score (nSPS) is 18.6. The zero-order valence-corrected chi connectivity index (χ0v) is 18.4. The molecule has 4 rings (SSSR count). The summed E-state index contributed by atoms with van der Waals surface area (Å²) in [5, 5.41) is 0. The van der Waals surface area contributed by atoms with Crippen molar-refractivity contribution in [1.82, 2.24) is 9.21 Å². The fourth-order valence-electron chi connectivity index (χ4n) is 4.55. The van der Waals surface area contributed by atoms with Crippen LogP contribution < -0.4 is 0 Å². The van der Waals surface area contributed by atoms with E-state index >= 15 is 0 Å². The molecule has 0 bridgehead atoms. The van der Waals surface area contributed by atoms with Gasteiger partial charge in [-0.2, -0.15) is 4.31 Å². The standard InChI is InChI=1S/C24H30N2O3S/c1-19-9-10-22(18-23(19)30(28,29)26-13-5-6-14-26)24(27)25-15-11-21(12-16-25)17-20-7-3-2-4-8-20/h2-4,7-10,18,21H,5-6,11-17H2,1H3. The van der Waals surface area contributed by atoms with Gasteiger partial charge in [-0.1, -0.05) is 36.4 Å². The van der Waals surface area contributed by atoms with Gasteiger partial charge in [-0.25, -0.2) is 8.42 Å². The maximum atomic E-state index is 13.1. The predicted molar refractivity (Wildman–Crippen MR) is 118 cm³/mol. The molecule has 0 aromatic heterocycles. The van der Waals surface area contributed by atoms with Crippen LogP contribution >= 0.6 is 0 Å². The highest BCUT2D eigenvalue weighted by Gasteiger charge is 2.30. The third kappa shape index (κ3) is 4.44. The molecule has 0 spiro atoms. The number of benzene rings is 2. The van der Waals surface area contributed by atoms with E-state index in [0.717, 1.165) is 45.2 Å². The maximum Gasteiger partial charge on any atom is 0.253 e. The van der Waals surface area contributed by atoms with Gasteiger partial charge in [0.15, 0.2) is 0 Å². The van der Waals surface area contributed by atoms with Gasteiger partial charge < -0.3 is 4.90 Å². The minimum atomic E-state index is -3.54. The number of aryl methyl sites for hydroxylation is 1. The van der Waals surface area contributed by atoms with Crippen LogP contribution in [-0.2, 0) is 16.4 Å². The molecule has 2 aliphatic rings. The molecule has 2 aromatic rings. The Hall–Kier alpha value is -2.18. The van der Waals surface area contributed by atoms with E-state index in [9.17, 15) is 13.2 Å². The molecule has 2 aromatic carbocycles. The van der Waals surface area contributed by atoms with Crippen LogP contribution in [0.1, 0.15) is 47.2 Å². The molecule has 0 unspecified atom stereocenters. The van der Waals surface area contributed by atoms with Gasteiger partial charge in [-0.05, 0) is 68.2 Å². The van der Waals surface area contributed by atoms with Gasteiger partial charge in [0.25, 0.3) is 5.91 Å². The van der Waals surface area contributed by atoms with Crippen molar-refractivity contribution in [3.63, 3.8) is 0 Å². The van der Waals surface area contributed by atoms with E-state index in [0.29, 0.717) is 30.1 Å². The van der Waals surface area contributed by atoms with E-state index < -0.39 is 10.0 Å². The van der Waals surface area contributed by atoms with Gasteiger partial charge >= 0.3 is 0 Å². The van der Waals surface area contributed by atoms with E-state index in [-0.39, 0.29) is 10.8 Å². The molecule has 1 amide bonds. The smallest absolute Gasteiger partial charge is 0.253 e. The van der Waals surface area contributed by atoms with Crippen LogP contribution in [0.15, 0.2) is 53.4 Å². The summed E-state index contributed by atoms with van der Waals surface area (Å²) in [6.07, 6.45) is 4.80. The van der Waals surface area contributed by atoms with Crippen LogP contribution in [-0.4, -0.2) is 49.7 Å². The number of sulfonamides is 1. The van der Waals surface area contributed by atoms with E-state index in [1.807, 2.05) is 11.0 Å². The number of nitrogens with zero attached hydrogens (tertiary/aromatic N) is 2. The molecule has 2 aliphatic heterocycles. The minimum absolute atomic E-state index is 0.0639. The van der Waals surface area contributed by atoms with Gasteiger partial charge in [0.2, 0.25) is 10.0 Å². The third-order valence-electron chi connectivity index (χ3n) is 6.39. The number of carbonyl (C=O) groups excluding carboxylic acids is 1. The second-order valence-electron chi connectivity index (χ2n) is 8.52. The summed E-state index contributed by atoms with van der Waals surface area (Å²) in [7, 11) is -3.54. The lowest BCUT2D eigenvalue weighted by molar-refractivity contribution is 0.0690. The van der Waals surface area contributed by atoms with E-state index in [4.69, 9.17) is 0 Å². The third-order valence-corrected chi connectivity index (χ3v) is 8.43. The summed E-state index contributed by atoms with van der Waals surface area (Å²) in [5.41, 5.74) is 2.51. The molecule has 0 radical (unpaired) electrons. The number of rotatable bonds is 5. The van der Waals surface area contributed by atoms with Crippen molar-refractivity contribution in [2.24, 2.45) is 5.92 Å². The van der Waals surface area contributed by atoms with Gasteiger partial charge in [-0.15, -0.1) is 0 Å². The second-order valence-corrected chi connectivity index (χ2v) is 10.4. The summed E-state index contributed by atoms with van der Waals surface area (Å²) in [5.74, 6) is 0.520. The van der Waals surface area contributed by atoms with Gasteiger partial charge in [0.1, 0.15) is 0 Å². The van der Waals surface area contributed by atoms with Gasteiger partial charge in [0, 0.05) is 31.7 Å². The SMILES string of the molecule is Cc1ccc(C(=O)N2CCC(Cc3ccccc3)CC2)cc1S(=O)(=O)N1CCCC1. The molecule has 30 heavy (non-hydrogen) atoms. The Kier molecular flexibility index (Phi) is 6.25. The summed E-state index contributed by atoms with van der Waals surface area (Å²) in [6.45, 7) is 4.37. The van der Waals surface area contributed by atoms with E-state index in [1.54, 1.807) is 29.4 Å². The van der Waals surface area contributed by atoms with Crippen molar-refractivity contribution in [3.8, 4) is 0 Å². The topological polar surface area (TPSA) is 57.7 Å². The predicted octanol–water partition coefficient (Wildman–Crippen LogP) is 3.87. The fourth-order valence-corrected chi connectivity index (χ4v) is 6.32. The van der Waals surface area contributed by atoms with Crippen LogP contribution in [0.4, 0.5) is 0 Å². The Morgan fingerprint density at radius 1 is 0.967 bits per heavy atom. The van der Waals surface area contributed by atoms with Crippen molar-refractivity contribution >= 4 is 15.9 Å². The number of carbonyl (C=O) groups is 1. The summed E-state index contributed by atoms with van der Waals surface area (Å²) < 4.78 is 27.6. The highest BCUT2D eigenvalue weighted by Crippen LogP contribution is 2.27. The number of amides is 1. The van der Waals surface area contributed by atoms with E-state index in [1.165, 1.54) is 5.56 Å². The van der Waals surface area contributed by atoms with Crippen LogP contribution in [0.3, 0.4) is 0 Å². The molecule has 0 aliphatic carbocycles. The Balaban J connectivity index is 1.44. The van der Waals surface area contributed by atoms with Crippen molar-refractivity contribution < 1.29 is 13.2 Å². The highest BCUT2D eigenvalue weighted by molar-refractivity contribution is 7.89. The lowest BCUT2D eigenvalue weighted by Crippen LogP contribution is -2.39. The molecule has 2 heterocycles. The average molecular weight is 427 g/mol. The molecule has 6 heteroatoms. The monoisotopic (exact) mass is 426 g/mol. The maximum absolute atomic E-state index is 13.1. The summed E-state index contributed by atoms with van der Waals surface area (Å²) in [4.78, 5) is 15.2.